The predicted molar refractivity (Wildman–Crippen MR) is 43.8 cm³/mol. The third-order valence-electron chi connectivity index (χ3n) is 2.11. The number of ether oxygens (including phenoxy) is 1. The molecule has 0 spiro atoms. The Morgan fingerprint density at radius 3 is 2.67 bits per heavy atom. The molecule has 1 rings (SSSR count). The van der Waals surface area contributed by atoms with Crippen molar-refractivity contribution in [3.63, 3.8) is 0 Å². The van der Waals surface area contributed by atoms with Gasteiger partial charge in [0, 0.05) is 0 Å². The van der Waals surface area contributed by atoms with Crippen molar-refractivity contribution in [2.24, 2.45) is 5.73 Å². The zero-order valence-corrected chi connectivity index (χ0v) is 7.03. The minimum atomic E-state index is -0.896. The van der Waals surface area contributed by atoms with Gasteiger partial charge >= 0.3 is 5.97 Å². The van der Waals surface area contributed by atoms with Gasteiger partial charge in [0.15, 0.2) is 6.10 Å². The molecule has 1 unspecified atom stereocenters. The first kappa shape index (κ1) is 9.48. The van der Waals surface area contributed by atoms with E-state index in [2.05, 4.69) is 0 Å². The van der Waals surface area contributed by atoms with Crippen molar-refractivity contribution in [1.29, 1.82) is 0 Å². The molecule has 12 heavy (non-hydrogen) atoms. The van der Waals surface area contributed by atoms with Crippen LogP contribution in [-0.4, -0.2) is 29.8 Å². The third-order valence-corrected chi connectivity index (χ3v) is 2.11. The molecular formula is C8H15NO3. The number of rotatable bonds is 5. The van der Waals surface area contributed by atoms with Gasteiger partial charge in [-0.15, -0.1) is 0 Å². The van der Waals surface area contributed by atoms with Gasteiger partial charge in [0.25, 0.3) is 0 Å². The number of aliphatic carboxylic acids is 1. The molecule has 1 saturated carbocycles. The van der Waals surface area contributed by atoms with Crippen LogP contribution >= 0.6 is 0 Å². The lowest BCUT2D eigenvalue weighted by Crippen LogP contribution is -2.34. The van der Waals surface area contributed by atoms with E-state index in [1.165, 1.54) is 0 Å². The molecule has 0 aliphatic heterocycles. The summed E-state index contributed by atoms with van der Waals surface area (Å²) in [6, 6.07) is 0. The van der Waals surface area contributed by atoms with Crippen LogP contribution in [0.2, 0.25) is 0 Å². The van der Waals surface area contributed by atoms with Gasteiger partial charge in [0.2, 0.25) is 0 Å². The summed E-state index contributed by atoms with van der Waals surface area (Å²) < 4.78 is 5.31. The second kappa shape index (κ2) is 4.42. The van der Waals surface area contributed by atoms with Crippen molar-refractivity contribution in [3.8, 4) is 0 Å². The van der Waals surface area contributed by atoms with Crippen molar-refractivity contribution in [2.45, 2.75) is 37.9 Å². The van der Waals surface area contributed by atoms with Gasteiger partial charge in [-0.25, -0.2) is 4.79 Å². The molecule has 4 nitrogen and oxygen atoms in total. The summed E-state index contributed by atoms with van der Waals surface area (Å²) in [5, 5.41) is 8.69. The first-order valence-corrected chi connectivity index (χ1v) is 4.32. The van der Waals surface area contributed by atoms with Gasteiger partial charge in [-0.3, -0.25) is 0 Å². The van der Waals surface area contributed by atoms with Crippen molar-refractivity contribution in [3.05, 3.63) is 0 Å². The molecule has 0 aromatic heterocycles. The maximum Gasteiger partial charge on any atom is 0.332 e. The van der Waals surface area contributed by atoms with E-state index >= 15 is 0 Å². The van der Waals surface area contributed by atoms with Crippen LogP contribution < -0.4 is 5.73 Å². The molecule has 3 N–H and O–H groups in total. The Morgan fingerprint density at radius 2 is 2.33 bits per heavy atom. The maximum atomic E-state index is 10.6. The first-order chi connectivity index (χ1) is 5.74. The van der Waals surface area contributed by atoms with E-state index in [9.17, 15) is 4.79 Å². The molecule has 0 heterocycles. The summed E-state index contributed by atoms with van der Waals surface area (Å²) in [4.78, 5) is 10.6. The van der Waals surface area contributed by atoms with Crippen LogP contribution in [0.15, 0.2) is 0 Å². The third kappa shape index (κ3) is 2.46. The van der Waals surface area contributed by atoms with Gasteiger partial charge in [-0.1, -0.05) is 0 Å². The molecule has 0 bridgehead atoms. The fourth-order valence-corrected chi connectivity index (χ4v) is 1.14. The second-order valence-corrected chi connectivity index (χ2v) is 3.09. The topological polar surface area (TPSA) is 72.5 Å². The fourth-order valence-electron chi connectivity index (χ4n) is 1.14. The van der Waals surface area contributed by atoms with E-state index in [1.807, 2.05) is 0 Å². The molecule has 0 aromatic rings. The molecule has 1 aliphatic rings. The summed E-state index contributed by atoms with van der Waals surface area (Å²) in [6.45, 7) is 0.365. The van der Waals surface area contributed by atoms with Crippen LogP contribution in [-0.2, 0) is 9.53 Å². The van der Waals surface area contributed by atoms with Crippen LogP contribution in [0.1, 0.15) is 25.7 Å². The summed E-state index contributed by atoms with van der Waals surface area (Å²) in [7, 11) is 0. The molecule has 0 radical (unpaired) electrons. The van der Waals surface area contributed by atoms with Gasteiger partial charge < -0.3 is 15.6 Å². The second-order valence-electron chi connectivity index (χ2n) is 3.09. The average molecular weight is 173 g/mol. The number of hydrogen-bond donors (Lipinski definition) is 2. The van der Waals surface area contributed by atoms with Crippen LogP contribution in [0.3, 0.4) is 0 Å². The van der Waals surface area contributed by atoms with E-state index in [-0.39, 0.29) is 6.10 Å². The Labute approximate surface area is 71.7 Å². The van der Waals surface area contributed by atoms with Crippen LogP contribution in [0.5, 0.6) is 0 Å². The molecule has 4 heteroatoms. The Kier molecular flexibility index (Phi) is 3.49. The molecule has 0 saturated heterocycles. The first-order valence-electron chi connectivity index (χ1n) is 4.32. The van der Waals surface area contributed by atoms with Gasteiger partial charge in [-0.2, -0.15) is 0 Å². The minimum absolute atomic E-state index is 0.164. The van der Waals surface area contributed by atoms with Crippen LogP contribution in [0.25, 0.3) is 0 Å². The quantitative estimate of drug-likeness (QED) is 0.629. The Balaban J connectivity index is 2.26. The molecular weight excluding hydrogens is 158 g/mol. The van der Waals surface area contributed by atoms with E-state index in [1.54, 1.807) is 0 Å². The van der Waals surface area contributed by atoms with E-state index in [0.29, 0.717) is 13.0 Å². The van der Waals surface area contributed by atoms with Crippen LogP contribution in [0, 0.1) is 0 Å². The Hall–Kier alpha value is -0.610. The average Bonchev–Trinajstić information content (AvgIpc) is 1.93. The van der Waals surface area contributed by atoms with Crippen molar-refractivity contribution in [1.82, 2.24) is 0 Å². The smallest absolute Gasteiger partial charge is 0.332 e. The molecule has 1 aliphatic carbocycles. The molecule has 1 atom stereocenters. The largest absolute Gasteiger partial charge is 0.479 e. The summed E-state index contributed by atoms with van der Waals surface area (Å²) in [5.74, 6) is -0.896. The number of carboxylic acids is 1. The van der Waals surface area contributed by atoms with E-state index in [0.717, 1.165) is 19.3 Å². The van der Waals surface area contributed by atoms with Gasteiger partial charge in [0.05, 0.1) is 6.10 Å². The number of nitrogens with two attached hydrogens (primary N) is 1. The fraction of sp³-hybridized carbons (Fsp3) is 0.875. The number of hydrogen-bond acceptors (Lipinski definition) is 3. The number of carboxylic acid groups (broad SMARTS) is 1. The summed E-state index contributed by atoms with van der Waals surface area (Å²) >= 11 is 0. The van der Waals surface area contributed by atoms with Gasteiger partial charge in [0.1, 0.15) is 0 Å². The zero-order valence-electron chi connectivity index (χ0n) is 7.03. The monoisotopic (exact) mass is 173 g/mol. The molecule has 0 aromatic carbocycles. The summed E-state index contributed by atoms with van der Waals surface area (Å²) in [5.41, 5.74) is 5.26. The maximum absolute atomic E-state index is 10.6. The van der Waals surface area contributed by atoms with Crippen molar-refractivity contribution >= 4 is 5.97 Å². The lowest BCUT2D eigenvalue weighted by molar-refractivity contribution is -0.158. The standard InChI is InChI=1S/C8H15NO3/c9-5-4-7(8(10)11)12-6-2-1-3-6/h6-7H,1-5,9H2,(H,10,11). The minimum Gasteiger partial charge on any atom is -0.479 e. The zero-order chi connectivity index (χ0) is 8.97. The number of carbonyl (C=O) groups is 1. The lowest BCUT2D eigenvalue weighted by atomic mass is 9.96. The Bertz CT molecular complexity index is 156. The summed E-state index contributed by atoms with van der Waals surface area (Å²) in [6.07, 6.45) is 3.02. The highest BCUT2D eigenvalue weighted by Crippen LogP contribution is 2.23. The van der Waals surface area contributed by atoms with Crippen LogP contribution in [0.4, 0.5) is 0 Å². The normalized spacial score (nSPS) is 20.1. The predicted octanol–water partition coefficient (Wildman–Crippen LogP) is 0.357. The van der Waals surface area contributed by atoms with Gasteiger partial charge in [-0.05, 0) is 32.2 Å². The van der Waals surface area contributed by atoms with Crippen molar-refractivity contribution in [2.75, 3.05) is 6.54 Å². The highest BCUT2D eigenvalue weighted by Gasteiger charge is 2.25. The van der Waals surface area contributed by atoms with Crippen molar-refractivity contribution < 1.29 is 14.6 Å². The molecule has 1 fully saturated rings. The molecule has 0 amide bonds. The van der Waals surface area contributed by atoms with E-state index in [4.69, 9.17) is 15.6 Å². The lowest BCUT2D eigenvalue weighted by Gasteiger charge is -2.28. The highest BCUT2D eigenvalue weighted by atomic mass is 16.5. The van der Waals surface area contributed by atoms with E-state index < -0.39 is 12.1 Å². The Morgan fingerprint density at radius 1 is 1.67 bits per heavy atom. The highest BCUT2D eigenvalue weighted by molar-refractivity contribution is 5.72. The molecule has 70 valence electrons. The SMILES string of the molecule is NCCC(OC1CCC1)C(=O)O.